The van der Waals surface area contributed by atoms with Gasteiger partial charge >= 0.3 is 5.97 Å². The minimum atomic E-state index is -0.820. The van der Waals surface area contributed by atoms with Crippen LogP contribution in [0.1, 0.15) is 30.9 Å². The Hall–Kier alpha value is -1.55. The Bertz CT molecular complexity index is 571. The number of phenols is 1. The van der Waals surface area contributed by atoms with Gasteiger partial charge in [0.2, 0.25) is 0 Å². The van der Waals surface area contributed by atoms with Crippen molar-refractivity contribution >= 4 is 27.4 Å². The first-order valence-electron chi connectivity index (χ1n) is 5.50. The van der Waals surface area contributed by atoms with Crippen LogP contribution in [0, 0.1) is 0 Å². The molecule has 17 heavy (non-hydrogen) atoms. The summed E-state index contributed by atoms with van der Waals surface area (Å²) in [6.45, 7) is 3.69. The van der Waals surface area contributed by atoms with Crippen LogP contribution in [0.15, 0.2) is 17.5 Å². The number of rotatable bonds is 3. The first kappa shape index (κ1) is 11.9. The van der Waals surface area contributed by atoms with Crippen LogP contribution in [0.3, 0.4) is 0 Å². The van der Waals surface area contributed by atoms with E-state index in [1.807, 2.05) is 12.3 Å². The van der Waals surface area contributed by atoms with E-state index in [9.17, 15) is 9.90 Å². The summed E-state index contributed by atoms with van der Waals surface area (Å²) in [5.41, 5.74) is 1.85. The van der Waals surface area contributed by atoms with Gasteiger partial charge in [-0.05, 0) is 47.4 Å². The summed E-state index contributed by atoms with van der Waals surface area (Å²) in [5, 5.41) is 21.5. The Morgan fingerprint density at radius 3 is 2.76 bits per heavy atom. The number of phenolic OH excluding ortho intramolecular Hbond substituents is 1. The van der Waals surface area contributed by atoms with Crippen LogP contribution >= 0.6 is 11.3 Å². The smallest absolute Gasteiger partial charge is 0.310 e. The Labute approximate surface area is 103 Å². The van der Waals surface area contributed by atoms with Gasteiger partial charge in [0.1, 0.15) is 5.75 Å². The van der Waals surface area contributed by atoms with Gasteiger partial charge in [-0.25, -0.2) is 0 Å². The average Bonchev–Trinajstić information content (AvgIpc) is 2.70. The molecule has 0 aliphatic carbocycles. The van der Waals surface area contributed by atoms with E-state index in [1.165, 1.54) is 11.3 Å². The molecule has 0 aliphatic rings. The number of fused-ring (bicyclic) bond motifs is 1. The maximum atomic E-state index is 11.1. The number of carboxylic acids is 1. The van der Waals surface area contributed by atoms with Gasteiger partial charge in [-0.3, -0.25) is 4.79 Å². The van der Waals surface area contributed by atoms with Gasteiger partial charge in [-0.2, -0.15) is 0 Å². The molecule has 1 atom stereocenters. The van der Waals surface area contributed by atoms with E-state index in [1.54, 1.807) is 19.1 Å². The third-order valence-corrected chi connectivity index (χ3v) is 3.94. The Morgan fingerprint density at radius 1 is 1.47 bits per heavy atom. The molecule has 3 nitrogen and oxygen atoms in total. The highest BCUT2D eigenvalue weighted by atomic mass is 32.1. The van der Waals surface area contributed by atoms with Gasteiger partial charge in [0.15, 0.2) is 0 Å². The predicted octanol–water partition coefficient (Wildman–Crippen LogP) is 3.36. The van der Waals surface area contributed by atoms with Crippen molar-refractivity contribution < 1.29 is 15.0 Å². The molecule has 0 radical (unpaired) electrons. The first-order chi connectivity index (χ1) is 8.04. The Balaban J connectivity index is 2.70. The topological polar surface area (TPSA) is 57.5 Å². The molecule has 0 amide bonds. The highest BCUT2D eigenvalue weighted by Crippen LogP contribution is 2.36. The molecule has 0 bridgehead atoms. The van der Waals surface area contributed by atoms with E-state index in [2.05, 4.69) is 0 Å². The van der Waals surface area contributed by atoms with Crippen molar-refractivity contribution in [2.75, 3.05) is 0 Å². The van der Waals surface area contributed by atoms with E-state index in [0.717, 1.165) is 27.6 Å². The van der Waals surface area contributed by atoms with Crippen molar-refractivity contribution in [3.8, 4) is 5.75 Å². The van der Waals surface area contributed by atoms with E-state index in [4.69, 9.17) is 5.11 Å². The standard InChI is InChI=1S/C13H14O3S/c1-3-8-4-9(14)5-11-12(8)10(6-17-11)7(2)13(15)16/h4-7,14H,3H2,1-2H3,(H,15,16). The lowest BCUT2D eigenvalue weighted by molar-refractivity contribution is -0.138. The van der Waals surface area contributed by atoms with Crippen LogP contribution in [0.25, 0.3) is 10.1 Å². The van der Waals surface area contributed by atoms with Gasteiger partial charge < -0.3 is 10.2 Å². The number of aromatic hydroxyl groups is 1. The average molecular weight is 250 g/mol. The zero-order chi connectivity index (χ0) is 12.6. The summed E-state index contributed by atoms with van der Waals surface area (Å²) in [5.74, 6) is -1.09. The molecular weight excluding hydrogens is 236 g/mol. The van der Waals surface area contributed by atoms with Crippen molar-refractivity contribution in [1.29, 1.82) is 0 Å². The summed E-state index contributed by atoms with van der Waals surface area (Å²) < 4.78 is 0.949. The van der Waals surface area contributed by atoms with Gasteiger partial charge in [0.25, 0.3) is 0 Å². The second-order valence-electron chi connectivity index (χ2n) is 4.08. The second kappa shape index (κ2) is 4.37. The summed E-state index contributed by atoms with van der Waals surface area (Å²) >= 11 is 1.48. The third-order valence-electron chi connectivity index (χ3n) is 2.99. The van der Waals surface area contributed by atoms with Crippen molar-refractivity contribution in [3.63, 3.8) is 0 Å². The third kappa shape index (κ3) is 2.00. The minimum Gasteiger partial charge on any atom is -0.508 e. The quantitative estimate of drug-likeness (QED) is 0.878. The fourth-order valence-corrected chi connectivity index (χ4v) is 3.13. The number of benzene rings is 1. The fourth-order valence-electron chi connectivity index (χ4n) is 1.99. The van der Waals surface area contributed by atoms with Crippen LogP contribution in [0.4, 0.5) is 0 Å². The van der Waals surface area contributed by atoms with Crippen molar-refractivity contribution in [2.24, 2.45) is 0 Å². The largest absolute Gasteiger partial charge is 0.508 e. The molecule has 0 fully saturated rings. The Morgan fingerprint density at radius 2 is 2.18 bits per heavy atom. The van der Waals surface area contributed by atoms with Gasteiger partial charge in [0.05, 0.1) is 5.92 Å². The fraction of sp³-hybridized carbons (Fsp3) is 0.308. The number of hydrogen-bond donors (Lipinski definition) is 2. The summed E-state index contributed by atoms with van der Waals surface area (Å²) in [6.07, 6.45) is 0.779. The number of hydrogen-bond acceptors (Lipinski definition) is 3. The molecule has 0 spiro atoms. The monoisotopic (exact) mass is 250 g/mol. The maximum absolute atomic E-state index is 11.1. The molecule has 2 N–H and O–H groups in total. The molecule has 0 saturated carbocycles. The molecule has 0 saturated heterocycles. The van der Waals surface area contributed by atoms with Crippen LogP contribution < -0.4 is 0 Å². The van der Waals surface area contributed by atoms with Crippen molar-refractivity contribution in [3.05, 3.63) is 28.6 Å². The number of aliphatic carboxylic acids is 1. The minimum absolute atomic E-state index is 0.241. The zero-order valence-electron chi connectivity index (χ0n) is 9.73. The molecule has 1 heterocycles. The lowest BCUT2D eigenvalue weighted by Gasteiger charge is -2.08. The number of carbonyl (C=O) groups is 1. The van der Waals surface area contributed by atoms with Gasteiger partial charge in [0, 0.05) is 4.70 Å². The first-order valence-corrected chi connectivity index (χ1v) is 6.38. The Kier molecular flexibility index (Phi) is 3.07. The molecule has 1 unspecified atom stereocenters. The highest BCUT2D eigenvalue weighted by molar-refractivity contribution is 7.17. The zero-order valence-corrected chi connectivity index (χ0v) is 10.5. The molecule has 1 aromatic heterocycles. The number of aryl methyl sites for hydroxylation is 1. The SMILES string of the molecule is CCc1cc(O)cc2scc(C(C)C(=O)O)c12. The van der Waals surface area contributed by atoms with Gasteiger partial charge in [-0.1, -0.05) is 6.92 Å². The summed E-state index contributed by atoms with van der Waals surface area (Å²) in [4.78, 5) is 11.1. The normalized spacial score (nSPS) is 12.8. The van der Waals surface area contributed by atoms with Gasteiger partial charge in [-0.15, -0.1) is 11.3 Å². The van der Waals surface area contributed by atoms with E-state index < -0.39 is 11.9 Å². The van der Waals surface area contributed by atoms with Crippen LogP contribution in [-0.2, 0) is 11.2 Å². The molecule has 2 aromatic rings. The lowest BCUT2D eigenvalue weighted by Crippen LogP contribution is -2.07. The molecule has 0 aliphatic heterocycles. The maximum Gasteiger partial charge on any atom is 0.310 e. The van der Waals surface area contributed by atoms with Crippen LogP contribution in [0.2, 0.25) is 0 Å². The molecule has 90 valence electrons. The van der Waals surface area contributed by atoms with Crippen LogP contribution in [-0.4, -0.2) is 16.2 Å². The lowest BCUT2D eigenvalue weighted by atomic mass is 9.96. The van der Waals surface area contributed by atoms with Crippen molar-refractivity contribution in [2.45, 2.75) is 26.2 Å². The highest BCUT2D eigenvalue weighted by Gasteiger charge is 2.19. The van der Waals surface area contributed by atoms with E-state index in [-0.39, 0.29) is 5.75 Å². The molecule has 2 rings (SSSR count). The molecular formula is C13H14O3S. The summed E-state index contributed by atoms with van der Waals surface area (Å²) in [7, 11) is 0. The molecule has 4 heteroatoms. The van der Waals surface area contributed by atoms with E-state index in [0.29, 0.717) is 0 Å². The number of carboxylic acid groups (broad SMARTS) is 1. The number of thiophene rings is 1. The van der Waals surface area contributed by atoms with E-state index >= 15 is 0 Å². The van der Waals surface area contributed by atoms with Crippen molar-refractivity contribution in [1.82, 2.24) is 0 Å². The van der Waals surface area contributed by atoms with Crippen LogP contribution in [0.5, 0.6) is 5.75 Å². The molecule has 1 aromatic carbocycles. The predicted molar refractivity (Wildman–Crippen MR) is 68.9 cm³/mol. The second-order valence-corrected chi connectivity index (χ2v) is 4.99. The summed E-state index contributed by atoms with van der Waals surface area (Å²) in [6, 6.07) is 3.41.